The fourth-order valence-corrected chi connectivity index (χ4v) is 4.35. The summed E-state index contributed by atoms with van der Waals surface area (Å²) in [4.78, 5) is 10.5. The Morgan fingerprint density at radius 1 is 1.10 bits per heavy atom. The van der Waals surface area contributed by atoms with Crippen molar-refractivity contribution in [2.24, 2.45) is 0 Å². The molecule has 0 saturated carbocycles. The average Bonchev–Trinajstić information content (AvgIpc) is 2.44. The second-order valence-corrected chi connectivity index (χ2v) is 7.41. The van der Waals surface area contributed by atoms with Crippen LogP contribution in [0.25, 0.3) is 11.1 Å². The van der Waals surface area contributed by atoms with Gasteiger partial charge < -0.3 is 0 Å². The van der Waals surface area contributed by atoms with Crippen LogP contribution in [-0.2, 0) is 12.9 Å². The zero-order valence-electron chi connectivity index (χ0n) is 10.3. The van der Waals surface area contributed by atoms with Crippen molar-refractivity contribution in [3.05, 3.63) is 62.2 Å². The minimum atomic E-state index is -4.64. The van der Waals surface area contributed by atoms with Crippen molar-refractivity contribution in [2.75, 3.05) is 0 Å². The molecule has 0 fully saturated rings. The third-order valence-electron chi connectivity index (χ3n) is 2.45. The minimum absolute atomic E-state index is 0.185. The summed E-state index contributed by atoms with van der Waals surface area (Å²) in [7, 11) is -4.64. The first kappa shape index (κ1) is 15.8. The van der Waals surface area contributed by atoms with E-state index in [1.54, 1.807) is 36.4 Å². The average molecular weight is 422 g/mol. The van der Waals surface area contributed by atoms with Crippen molar-refractivity contribution < 1.29 is 42.0 Å². The second kappa shape index (κ2) is 6.47. The summed E-state index contributed by atoms with van der Waals surface area (Å²) >= 11 is -1.75. The van der Waals surface area contributed by atoms with Gasteiger partial charge in [-0.05, 0) is 0 Å². The van der Waals surface area contributed by atoms with Crippen LogP contribution < -0.4 is 21.6 Å². The maximum absolute atomic E-state index is 11.1. The molecule has 2 aromatic carbocycles. The Hall–Kier alpha value is -1.56. The van der Waals surface area contributed by atoms with E-state index in [1.165, 1.54) is 12.1 Å². The van der Waals surface area contributed by atoms with Crippen molar-refractivity contribution in [3.8, 4) is 11.1 Å². The number of rotatable bonds is 5. The predicted molar refractivity (Wildman–Crippen MR) is 69.9 cm³/mol. The number of halogens is 1. The van der Waals surface area contributed by atoms with Crippen LogP contribution in [0.1, 0.15) is 0 Å². The van der Waals surface area contributed by atoms with Gasteiger partial charge in [-0.1, -0.05) is 0 Å². The van der Waals surface area contributed by atoms with Gasteiger partial charge in [0.1, 0.15) is 0 Å². The van der Waals surface area contributed by atoms with Crippen molar-refractivity contribution in [2.45, 2.75) is 0 Å². The van der Waals surface area contributed by atoms with Gasteiger partial charge in [0.05, 0.1) is 0 Å². The summed E-state index contributed by atoms with van der Waals surface area (Å²) in [5.41, 5.74) is 0.990. The van der Waals surface area contributed by atoms with Crippen LogP contribution in [0.15, 0.2) is 48.5 Å². The number of benzene rings is 2. The first-order valence-electron chi connectivity index (χ1n) is 5.52. The van der Waals surface area contributed by atoms with Crippen LogP contribution in [0.5, 0.6) is 0 Å². The molecule has 0 heterocycles. The molecular formula is C12H9INO6S-. The van der Waals surface area contributed by atoms with E-state index in [0.717, 1.165) is 0 Å². The predicted octanol–water partition coefficient (Wildman–Crippen LogP) is -0.745. The van der Waals surface area contributed by atoms with Crippen LogP contribution in [0.4, 0.5) is 5.69 Å². The Bertz CT molecular complexity index is 763. The number of nitro groups is 1. The molecule has 0 aliphatic rings. The SMILES string of the molecule is O=[N+]([O-])c1cccc(-c2ccccc2)c1[I-]OS(=O)(=O)O. The van der Waals surface area contributed by atoms with Gasteiger partial charge in [0.2, 0.25) is 0 Å². The Morgan fingerprint density at radius 3 is 2.33 bits per heavy atom. The number of nitro benzene ring substituents is 1. The summed E-state index contributed by atoms with van der Waals surface area (Å²) < 4.78 is 34.7. The topological polar surface area (TPSA) is 107 Å². The molecular weight excluding hydrogens is 413 g/mol. The molecule has 7 nitrogen and oxygen atoms in total. The Labute approximate surface area is 131 Å². The molecule has 0 bridgehead atoms. The van der Waals surface area contributed by atoms with Gasteiger partial charge in [0.25, 0.3) is 0 Å². The third-order valence-corrected chi connectivity index (χ3v) is 6.15. The zero-order chi connectivity index (χ0) is 15.5. The van der Waals surface area contributed by atoms with Crippen molar-refractivity contribution in [1.82, 2.24) is 0 Å². The Kier molecular flexibility index (Phi) is 4.88. The summed E-state index contributed by atoms with van der Waals surface area (Å²) in [6, 6.07) is 13.3. The van der Waals surface area contributed by atoms with E-state index in [4.69, 9.17) is 4.55 Å². The van der Waals surface area contributed by atoms with Gasteiger partial charge in [-0.25, -0.2) is 0 Å². The summed E-state index contributed by atoms with van der Waals surface area (Å²) in [6.45, 7) is 0. The van der Waals surface area contributed by atoms with E-state index in [0.29, 0.717) is 11.1 Å². The second-order valence-electron chi connectivity index (χ2n) is 3.83. The van der Waals surface area contributed by atoms with Gasteiger partial charge in [0.15, 0.2) is 0 Å². The van der Waals surface area contributed by atoms with Gasteiger partial charge in [-0.2, -0.15) is 0 Å². The monoisotopic (exact) mass is 422 g/mol. The number of hydrogen-bond donors (Lipinski definition) is 1. The maximum atomic E-state index is 11.1. The van der Waals surface area contributed by atoms with E-state index < -0.39 is 36.9 Å². The first-order chi connectivity index (χ1) is 9.88. The molecule has 0 spiro atoms. The van der Waals surface area contributed by atoms with Crippen LogP contribution in [0, 0.1) is 13.7 Å². The molecule has 2 rings (SSSR count). The molecule has 0 saturated heterocycles. The molecule has 0 aliphatic carbocycles. The van der Waals surface area contributed by atoms with Crippen molar-refractivity contribution >= 4 is 16.1 Å². The molecule has 0 amide bonds. The van der Waals surface area contributed by atoms with E-state index in [-0.39, 0.29) is 9.26 Å². The molecule has 21 heavy (non-hydrogen) atoms. The van der Waals surface area contributed by atoms with Crippen LogP contribution in [0.2, 0.25) is 0 Å². The fraction of sp³-hybridized carbons (Fsp3) is 0. The molecule has 0 unspecified atom stereocenters. The van der Waals surface area contributed by atoms with E-state index in [9.17, 15) is 18.5 Å². The zero-order valence-corrected chi connectivity index (χ0v) is 13.3. The van der Waals surface area contributed by atoms with E-state index >= 15 is 0 Å². The van der Waals surface area contributed by atoms with Gasteiger partial charge in [-0.3, -0.25) is 0 Å². The van der Waals surface area contributed by atoms with E-state index in [1.807, 2.05) is 0 Å². The molecule has 0 aliphatic heterocycles. The number of hydrogen-bond acceptors (Lipinski definition) is 5. The number of nitrogens with zero attached hydrogens (tertiary/aromatic N) is 1. The fourth-order valence-electron chi connectivity index (χ4n) is 1.65. The molecule has 9 heteroatoms. The molecule has 1 N–H and O–H groups in total. The van der Waals surface area contributed by atoms with Crippen LogP contribution in [0.3, 0.4) is 0 Å². The Balaban J connectivity index is 2.54. The molecule has 0 atom stereocenters. The third kappa shape index (κ3) is 4.20. The van der Waals surface area contributed by atoms with Gasteiger partial charge >= 0.3 is 131 Å². The van der Waals surface area contributed by atoms with Gasteiger partial charge in [0, 0.05) is 0 Å². The molecule has 0 radical (unpaired) electrons. The molecule has 112 valence electrons. The quantitative estimate of drug-likeness (QED) is 0.294. The Morgan fingerprint density at radius 2 is 1.76 bits per heavy atom. The van der Waals surface area contributed by atoms with Crippen LogP contribution >= 0.6 is 0 Å². The van der Waals surface area contributed by atoms with Gasteiger partial charge in [-0.15, -0.1) is 0 Å². The van der Waals surface area contributed by atoms with E-state index in [2.05, 4.69) is 2.51 Å². The standard InChI is InChI=1S/C12H9INO6S/c15-14(16)11-8-4-7-10(9-5-2-1-3-6-9)12(11)13-20-21(17,18)19/h1-8H,(H,17,18,19)/q-1. The summed E-state index contributed by atoms with van der Waals surface area (Å²) in [5, 5.41) is 11.1. The van der Waals surface area contributed by atoms with Crippen molar-refractivity contribution in [1.29, 1.82) is 0 Å². The first-order valence-corrected chi connectivity index (χ1v) is 8.84. The molecule has 2 aromatic rings. The molecule has 0 aromatic heterocycles. The van der Waals surface area contributed by atoms with Crippen LogP contribution in [-0.4, -0.2) is 17.9 Å². The normalized spacial score (nSPS) is 11.5. The summed E-state index contributed by atoms with van der Waals surface area (Å²) in [6.07, 6.45) is 0. The summed E-state index contributed by atoms with van der Waals surface area (Å²) in [5.74, 6) is 0. The van der Waals surface area contributed by atoms with Crippen molar-refractivity contribution in [3.63, 3.8) is 0 Å².